The molecule has 0 saturated carbocycles. The van der Waals surface area contributed by atoms with Gasteiger partial charge in [0.15, 0.2) is 0 Å². The molecule has 0 aliphatic rings. The van der Waals surface area contributed by atoms with Crippen molar-refractivity contribution in [2.24, 2.45) is 11.5 Å². The van der Waals surface area contributed by atoms with Crippen LogP contribution >= 0.6 is 0 Å². The molecule has 6 nitrogen and oxygen atoms in total. The molecular formula is C11H17N3O3. The largest absolute Gasteiger partial charge is 0.480 e. The predicted molar refractivity (Wildman–Crippen MR) is 64.9 cm³/mol. The number of aliphatic hydroxyl groups is 1. The minimum atomic E-state index is -1.18. The van der Waals surface area contributed by atoms with E-state index in [1.807, 2.05) is 31.2 Å². The summed E-state index contributed by atoms with van der Waals surface area (Å²) in [5, 5.41) is 23.0. The Hall–Kier alpha value is -1.92. The van der Waals surface area contributed by atoms with Crippen LogP contribution in [0.25, 0.3) is 0 Å². The van der Waals surface area contributed by atoms with Crippen molar-refractivity contribution in [3.8, 4) is 0 Å². The van der Waals surface area contributed by atoms with Crippen LogP contribution in [0.4, 0.5) is 0 Å². The zero-order valence-corrected chi connectivity index (χ0v) is 9.55. The Morgan fingerprint density at radius 3 is 2.12 bits per heavy atom. The van der Waals surface area contributed by atoms with Crippen molar-refractivity contribution in [3.63, 3.8) is 0 Å². The lowest BCUT2D eigenvalue weighted by Crippen LogP contribution is -2.33. The topological polar surface area (TPSA) is 133 Å². The second kappa shape index (κ2) is 7.37. The lowest BCUT2D eigenvalue weighted by molar-refractivity contribution is -0.139. The first kappa shape index (κ1) is 15.1. The number of benzene rings is 1. The lowest BCUT2D eigenvalue weighted by Gasteiger charge is -1.96. The predicted octanol–water partition coefficient (Wildman–Crippen LogP) is -0.330. The van der Waals surface area contributed by atoms with Gasteiger partial charge in [-0.05, 0) is 6.92 Å². The summed E-state index contributed by atoms with van der Waals surface area (Å²) in [6.07, 6.45) is 0. The second-order valence-electron chi connectivity index (χ2n) is 3.41. The Bertz CT molecular complexity index is 376. The number of rotatable bonds is 3. The van der Waals surface area contributed by atoms with E-state index in [9.17, 15) is 4.79 Å². The highest BCUT2D eigenvalue weighted by Crippen LogP contribution is 2.00. The van der Waals surface area contributed by atoms with E-state index in [-0.39, 0.29) is 5.84 Å². The van der Waals surface area contributed by atoms with Gasteiger partial charge in [-0.3, -0.25) is 10.2 Å². The van der Waals surface area contributed by atoms with Crippen molar-refractivity contribution >= 4 is 11.8 Å². The molecule has 1 rings (SSSR count). The smallest absolute Gasteiger partial charge is 0.322 e. The van der Waals surface area contributed by atoms with E-state index in [0.717, 1.165) is 5.56 Å². The van der Waals surface area contributed by atoms with Gasteiger partial charge in [0.2, 0.25) is 0 Å². The maximum absolute atomic E-state index is 9.65. The third-order valence-corrected chi connectivity index (χ3v) is 1.88. The summed E-state index contributed by atoms with van der Waals surface area (Å²) in [6, 6.07) is 6.45. The Balaban J connectivity index is 0.000000325. The average molecular weight is 239 g/mol. The van der Waals surface area contributed by atoms with E-state index < -0.39 is 18.6 Å². The molecule has 0 heterocycles. The number of nitrogens with two attached hydrogens (primary N) is 2. The molecular weight excluding hydrogens is 222 g/mol. The molecule has 0 amide bonds. The molecule has 94 valence electrons. The van der Waals surface area contributed by atoms with E-state index in [4.69, 9.17) is 27.1 Å². The van der Waals surface area contributed by atoms with E-state index in [0.29, 0.717) is 0 Å². The number of nitrogens with one attached hydrogen (secondary N) is 1. The first-order valence-corrected chi connectivity index (χ1v) is 4.88. The zero-order valence-electron chi connectivity index (χ0n) is 9.55. The molecule has 7 N–H and O–H groups in total. The van der Waals surface area contributed by atoms with Gasteiger partial charge in [-0.25, -0.2) is 0 Å². The highest BCUT2D eigenvalue weighted by molar-refractivity contribution is 5.94. The molecule has 0 aliphatic heterocycles. The van der Waals surface area contributed by atoms with Crippen molar-refractivity contribution < 1.29 is 15.0 Å². The number of hydrogen-bond acceptors (Lipinski definition) is 4. The first-order chi connectivity index (χ1) is 7.88. The Kier molecular flexibility index (Phi) is 6.54. The molecule has 0 fully saturated rings. The van der Waals surface area contributed by atoms with Gasteiger partial charge >= 0.3 is 5.97 Å². The van der Waals surface area contributed by atoms with Crippen LogP contribution in [-0.2, 0) is 4.79 Å². The lowest BCUT2D eigenvalue weighted by atomic mass is 10.1. The Morgan fingerprint density at radius 2 is 1.88 bits per heavy atom. The fourth-order valence-electron chi connectivity index (χ4n) is 0.811. The molecule has 1 aromatic rings. The van der Waals surface area contributed by atoms with Gasteiger partial charge < -0.3 is 21.7 Å². The minimum Gasteiger partial charge on any atom is -0.480 e. The zero-order chi connectivity index (χ0) is 13.4. The van der Waals surface area contributed by atoms with Crippen molar-refractivity contribution in [1.82, 2.24) is 0 Å². The SMILES string of the molecule is Cc1ccc(C(=N)N)cc1.N[C@@H](CO)C(=O)O. The number of hydrogen-bond donors (Lipinski definition) is 5. The third-order valence-electron chi connectivity index (χ3n) is 1.88. The van der Waals surface area contributed by atoms with Crippen LogP contribution in [0.1, 0.15) is 11.1 Å². The maximum Gasteiger partial charge on any atom is 0.322 e. The number of carbonyl (C=O) groups is 1. The van der Waals surface area contributed by atoms with E-state index in [1.54, 1.807) is 0 Å². The molecule has 0 unspecified atom stereocenters. The van der Waals surface area contributed by atoms with Gasteiger partial charge in [0, 0.05) is 5.56 Å². The summed E-state index contributed by atoms with van der Waals surface area (Å²) >= 11 is 0. The van der Waals surface area contributed by atoms with Gasteiger partial charge in [0.05, 0.1) is 6.61 Å². The summed E-state index contributed by atoms with van der Waals surface area (Å²) in [6.45, 7) is 1.50. The molecule has 0 radical (unpaired) electrons. The first-order valence-electron chi connectivity index (χ1n) is 4.88. The van der Waals surface area contributed by atoms with Gasteiger partial charge in [0.1, 0.15) is 11.9 Å². The van der Waals surface area contributed by atoms with Crippen LogP contribution < -0.4 is 11.5 Å². The van der Waals surface area contributed by atoms with Crippen LogP contribution in [0.2, 0.25) is 0 Å². The van der Waals surface area contributed by atoms with Crippen molar-refractivity contribution in [3.05, 3.63) is 35.4 Å². The summed E-state index contributed by atoms with van der Waals surface area (Å²) in [5.74, 6) is -1.05. The van der Waals surface area contributed by atoms with Crippen LogP contribution in [-0.4, -0.2) is 34.7 Å². The Morgan fingerprint density at radius 1 is 1.41 bits per heavy atom. The molecule has 1 aromatic carbocycles. The Labute approximate surface area is 99.4 Å². The van der Waals surface area contributed by atoms with Crippen LogP contribution in [0.15, 0.2) is 24.3 Å². The van der Waals surface area contributed by atoms with Gasteiger partial charge in [-0.15, -0.1) is 0 Å². The molecule has 1 atom stereocenters. The number of carboxylic acid groups (broad SMARTS) is 1. The summed E-state index contributed by atoms with van der Waals surface area (Å²) in [5.41, 5.74) is 12.0. The summed E-state index contributed by atoms with van der Waals surface area (Å²) in [4.78, 5) is 9.65. The molecule has 6 heteroatoms. The molecule has 0 saturated heterocycles. The molecule has 17 heavy (non-hydrogen) atoms. The highest BCUT2D eigenvalue weighted by Gasteiger charge is 2.07. The fourth-order valence-corrected chi connectivity index (χ4v) is 0.811. The number of amidine groups is 1. The van der Waals surface area contributed by atoms with Crippen LogP contribution in [0, 0.1) is 12.3 Å². The van der Waals surface area contributed by atoms with E-state index in [2.05, 4.69) is 0 Å². The second-order valence-corrected chi connectivity index (χ2v) is 3.41. The normalized spacial score (nSPS) is 11.0. The minimum absolute atomic E-state index is 0.125. The maximum atomic E-state index is 9.65. The molecule has 0 bridgehead atoms. The van der Waals surface area contributed by atoms with Gasteiger partial charge in [-0.1, -0.05) is 29.8 Å². The van der Waals surface area contributed by atoms with E-state index in [1.165, 1.54) is 5.56 Å². The van der Waals surface area contributed by atoms with E-state index >= 15 is 0 Å². The number of carboxylic acids is 1. The summed E-state index contributed by atoms with van der Waals surface area (Å²) in [7, 11) is 0. The quantitative estimate of drug-likeness (QED) is 0.364. The summed E-state index contributed by atoms with van der Waals surface area (Å²) < 4.78 is 0. The average Bonchev–Trinajstić information content (AvgIpc) is 2.29. The molecule has 0 spiro atoms. The van der Waals surface area contributed by atoms with Crippen LogP contribution in [0.3, 0.4) is 0 Å². The molecule has 0 aliphatic carbocycles. The van der Waals surface area contributed by atoms with Crippen molar-refractivity contribution in [1.29, 1.82) is 5.41 Å². The van der Waals surface area contributed by atoms with Gasteiger partial charge in [-0.2, -0.15) is 0 Å². The highest BCUT2D eigenvalue weighted by atomic mass is 16.4. The number of aliphatic carboxylic acids is 1. The van der Waals surface area contributed by atoms with Gasteiger partial charge in [0.25, 0.3) is 0 Å². The standard InChI is InChI=1S/C8H10N2.C3H7NO3/c1-6-2-4-7(5-3-6)8(9)10;4-2(1-5)3(6)7/h2-5H,1H3,(H3,9,10);2,5H,1,4H2,(H,6,7)/t;2-/m.0/s1. The van der Waals surface area contributed by atoms with Crippen molar-refractivity contribution in [2.75, 3.05) is 6.61 Å². The third kappa shape index (κ3) is 6.29. The monoisotopic (exact) mass is 239 g/mol. The molecule has 0 aromatic heterocycles. The number of aryl methyl sites for hydroxylation is 1. The van der Waals surface area contributed by atoms with Crippen LogP contribution in [0.5, 0.6) is 0 Å². The number of aliphatic hydroxyl groups excluding tert-OH is 1. The number of nitrogen functional groups attached to an aromatic ring is 1. The fraction of sp³-hybridized carbons (Fsp3) is 0.273. The van der Waals surface area contributed by atoms with Crippen molar-refractivity contribution in [2.45, 2.75) is 13.0 Å².